The number of nitrogens with two attached hydrogens (primary N) is 1. The van der Waals surface area contributed by atoms with E-state index in [2.05, 4.69) is 84.6 Å². The van der Waals surface area contributed by atoms with E-state index in [1.54, 1.807) is 0 Å². The van der Waals surface area contributed by atoms with Crippen molar-refractivity contribution in [1.82, 2.24) is 25.2 Å². The molecule has 2 aliphatic rings. The molecule has 0 aromatic carbocycles. The third-order valence-corrected chi connectivity index (χ3v) is 11.0. The maximum absolute atomic E-state index is 13.3. The fourth-order valence-electron chi connectivity index (χ4n) is 7.91. The van der Waals surface area contributed by atoms with E-state index in [4.69, 9.17) is 20.2 Å². The van der Waals surface area contributed by atoms with Crippen molar-refractivity contribution in [2.24, 2.45) is 17.7 Å². The second kappa shape index (κ2) is 16.4. The molecule has 280 valence electrons. The molecule has 5 heterocycles. The largest absolute Gasteiger partial charge is 0.469 e. The van der Waals surface area contributed by atoms with Gasteiger partial charge in [0.25, 0.3) is 0 Å². The van der Waals surface area contributed by atoms with E-state index in [-0.39, 0.29) is 36.6 Å². The zero-order chi connectivity index (χ0) is 37.9. The molecule has 11 nitrogen and oxygen atoms in total. The lowest BCUT2D eigenvalue weighted by Crippen LogP contribution is -2.19. The number of carbonyl (C=O) groups is 2. The Morgan fingerprint density at radius 1 is 0.962 bits per heavy atom. The van der Waals surface area contributed by atoms with E-state index in [9.17, 15) is 9.59 Å². The second-order valence-corrected chi connectivity index (χ2v) is 14.3. The van der Waals surface area contributed by atoms with Gasteiger partial charge < -0.3 is 34.6 Å². The third-order valence-electron chi connectivity index (χ3n) is 11.0. The van der Waals surface area contributed by atoms with Crippen molar-refractivity contribution in [2.75, 3.05) is 34.9 Å². The number of aromatic nitrogens is 3. The number of rotatable bonds is 13. The van der Waals surface area contributed by atoms with Gasteiger partial charge in [0.1, 0.15) is 6.10 Å². The molecule has 2 aliphatic heterocycles. The highest BCUT2D eigenvalue weighted by Crippen LogP contribution is 2.44. The maximum Gasteiger partial charge on any atom is 0.310 e. The first kappa shape index (κ1) is 38.6. The highest BCUT2D eigenvalue weighted by atomic mass is 16.6. The van der Waals surface area contributed by atoms with E-state index < -0.39 is 6.10 Å². The van der Waals surface area contributed by atoms with Gasteiger partial charge in [-0.15, -0.1) is 0 Å². The number of esters is 2. The Hall–Kier alpha value is -4.58. The van der Waals surface area contributed by atoms with Crippen LogP contribution in [-0.2, 0) is 30.3 Å². The topological polar surface area (TPSA) is 150 Å². The number of allylic oxidation sites excluding steroid dienone is 2. The van der Waals surface area contributed by atoms with E-state index in [1.807, 2.05) is 20.2 Å². The molecule has 3 atom stereocenters. The lowest BCUT2D eigenvalue weighted by Gasteiger charge is -2.22. The van der Waals surface area contributed by atoms with Crippen LogP contribution in [0.3, 0.4) is 0 Å². The first-order chi connectivity index (χ1) is 24.9. The molecule has 0 spiro atoms. The van der Waals surface area contributed by atoms with Crippen molar-refractivity contribution < 1.29 is 23.9 Å². The third kappa shape index (κ3) is 7.62. The predicted molar refractivity (Wildman–Crippen MR) is 207 cm³/mol. The first-order valence-electron chi connectivity index (χ1n) is 18.2. The minimum atomic E-state index is -0.456. The molecular weight excluding hydrogens is 656 g/mol. The molecule has 0 radical (unpaired) electrons. The van der Waals surface area contributed by atoms with Crippen LogP contribution in [0.2, 0.25) is 0 Å². The highest BCUT2D eigenvalue weighted by molar-refractivity contribution is 5.88. The summed E-state index contributed by atoms with van der Waals surface area (Å²) in [7, 11) is 6.90. The average molecular weight is 713 g/mol. The van der Waals surface area contributed by atoms with Crippen LogP contribution in [0.5, 0.6) is 0 Å². The molecule has 52 heavy (non-hydrogen) atoms. The van der Waals surface area contributed by atoms with Crippen molar-refractivity contribution in [3.05, 3.63) is 84.8 Å². The van der Waals surface area contributed by atoms with Gasteiger partial charge in [-0.2, -0.15) is 0 Å². The lowest BCUT2D eigenvalue weighted by atomic mass is 9.85. The van der Waals surface area contributed by atoms with Crippen molar-refractivity contribution in [1.29, 1.82) is 0 Å². The summed E-state index contributed by atoms with van der Waals surface area (Å²) in [6.07, 6.45) is 11.0. The number of carbonyl (C=O) groups excluding carboxylic acids is 2. The molecule has 5 rings (SSSR count). The second-order valence-electron chi connectivity index (χ2n) is 14.3. The Kier molecular flexibility index (Phi) is 12.2. The average Bonchev–Trinajstić information content (AvgIpc) is 3.80. The highest BCUT2D eigenvalue weighted by Gasteiger charge is 2.37. The van der Waals surface area contributed by atoms with Gasteiger partial charge in [-0.1, -0.05) is 26.5 Å². The molecule has 0 aliphatic carbocycles. The van der Waals surface area contributed by atoms with Crippen molar-refractivity contribution in [2.45, 2.75) is 79.2 Å². The van der Waals surface area contributed by atoms with Gasteiger partial charge in [-0.25, -0.2) is 5.90 Å². The number of H-pyrrole nitrogens is 3. The molecule has 0 amide bonds. The summed E-state index contributed by atoms with van der Waals surface area (Å²) < 4.78 is 10.4. The van der Waals surface area contributed by atoms with E-state index in [1.165, 1.54) is 25.3 Å². The van der Waals surface area contributed by atoms with Crippen LogP contribution in [0.25, 0.3) is 29.9 Å². The van der Waals surface area contributed by atoms with Crippen molar-refractivity contribution in [3.8, 4) is 0 Å². The summed E-state index contributed by atoms with van der Waals surface area (Å²) in [5.74, 6) is 5.28. The minimum absolute atomic E-state index is 0.0117. The first-order valence-corrected chi connectivity index (χ1v) is 18.2. The van der Waals surface area contributed by atoms with Crippen LogP contribution in [0.1, 0.15) is 108 Å². The number of methoxy groups -OCH3 is 2. The summed E-state index contributed by atoms with van der Waals surface area (Å²) in [6, 6.07) is 0. The van der Waals surface area contributed by atoms with Gasteiger partial charge >= 0.3 is 11.9 Å². The lowest BCUT2D eigenvalue weighted by molar-refractivity contribution is -0.141. The van der Waals surface area contributed by atoms with Gasteiger partial charge in [-0.05, 0) is 108 Å². The smallest absolute Gasteiger partial charge is 0.310 e. The monoisotopic (exact) mass is 712 g/mol. The van der Waals surface area contributed by atoms with Gasteiger partial charge in [0.2, 0.25) is 0 Å². The summed E-state index contributed by atoms with van der Waals surface area (Å²) in [5.41, 5.74) is 12.5. The molecule has 1 unspecified atom stereocenters. The van der Waals surface area contributed by atoms with Crippen LogP contribution in [0.15, 0.2) is 18.0 Å². The summed E-state index contributed by atoms with van der Waals surface area (Å²) >= 11 is 0. The van der Waals surface area contributed by atoms with Crippen molar-refractivity contribution in [3.63, 3.8) is 0 Å². The molecule has 11 heteroatoms. The Morgan fingerprint density at radius 3 is 2.29 bits per heavy atom. The predicted octanol–water partition coefficient (Wildman–Crippen LogP) is 5.17. The Labute approximate surface area is 307 Å². The van der Waals surface area contributed by atoms with E-state index in [0.717, 1.165) is 92.1 Å². The van der Waals surface area contributed by atoms with Gasteiger partial charge in [0.05, 0.1) is 26.3 Å². The Morgan fingerprint density at radius 2 is 1.65 bits per heavy atom. The minimum Gasteiger partial charge on any atom is -0.469 e. The quantitative estimate of drug-likeness (QED) is 0.120. The van der Waals surface area contributed by atoms with Crippen molar-refractivity contribution >= 4 is 41.8 Å². The van der Waals surface area contributed by atoms with Crippen LogP contribution in [0, 0.1) is 32.6 Å². The zero-order valence-electron chi connectivity index (χ0n) is 32.3. The summed E-state index contributed by atoms with van der Waals surface area (Å²) in [6.45, 7) is 15.6. The molecule has 8 bridgehead atoms. The number of hydrogen-bond acceptors (Lipinski definition) is 8. The molecule has 1 saturated heterocycles. The van der Waals surface area contributed by atoms with Crippen LogP contribution in [0.4, 0.5) is 0 Å². The summed E-state index contributed by atoms with van der Waals surface area (Å²) in [5, 5.41) is 5.76. The van der Waals surface area contributed by atoms with E-state index in [0.29, 0.717) is 12.8 Å². The van der Waals surface area contributed by atoms with E-state index >= 15 is 0 Å². The molecule has 3 aromatic rings. The van der Waals surface area contributed by atoms with Crippen LogP contribution < -0.4 is 21.9 Å². The number of aromatic amines is 3. The van der Waals surface area contributed by atoms with Crippen LogP contribution in [-0.4, -0.2) is 66.7 Å². The molecule has 3 aromatic heterocycles. The van der Waals surface area contributed by atoms with Crippen LogP contribution >= 0.6 is 0 Å². The number of hydrogen-bond donors (Lipinski definition) is 5. The van der Waals surface area contributed by atoms with Gasteiger partial charge in [0.15, 0.2) is 0 Å². The fraction of sp³-hybridized carbons (Fsp3) is 0.463. The normalized spacial score (nSPS) is 17.3. The Balaban J connectivity index is 1.91. The Bertz CT molecular complexity index is 2020. The van der Waals surface area contributed by atoms with Gasteiger partial charge in [-0.3, -0.25) is 14.4 Å². The number of fused-ring (bicyclic) bond motifs is 8. The molecule has 6 N–H and O–H groups in total. The maximum atomic E-state index is 13.3. The zero-order valence-corrected chi connectivity index (χ0v) is 32.3. The SMILES string of the molecule is C=Cc1c2[nH]c(c1C)C=C1NC(=C(CC(=O)OC)c3[nH]c(c(C)c3C(CCCN(C)C)ON)C=c3[nH]c(c(C)c3CC)=C2)[C@@H](CCC(=O)OC)[C@@H]1C. The molecular formula is C41H56N6O5. The summed E-state index contributed by atoms with van der Waals surface area (Å²) in [4.78, 5) is 44.9. The molecule has 1 fully saturated rings. The van der Waals surface area contributed by atoms with Gasteiger partial charge in [0, 0.05) is 74.1 Å². The number of ether oxygens (including phenoxy) is 2. The molecule has 0 saturated carbocycles. The standard InChI is InChI=1S/C41H56N6O5/c1-11-26-22(3)30-19-32-24(5)28(15-16-37(48)50-9)40(45-32)29(18-38(49)51-10)41-39(36(52-42)14-13-17-47(7)8)25(6)33(46-41)21-35-27(12-2)23(4)31(44-35)20-34(26)43-30/h11,19-21,24,28,36,43-46H,1,12-18,42H2,2-10H3/t24-,28-,36?/m0/s1. The fourth-order valence-corrected chi connectivity index (χ4v) is 7.91. The number of nitrogens with one attached hydrogen (secondary N) is 4. The number of nitrogens with zero attached hydrogens (tertiary/aromatic N) is 1.